The summed E-state index contributed by atoms with van der Waals surface area (Å²) in [6.45, 7) is 1.31. The van der Waals surface area contributed by atoms with Crippen LogP contribution in [-0.4, -0.2) is 71.0 Å². The van der Waals surface area contributed by atoms with Crippen LogP contribution >= 0.6 is 11.8 Å². The maximum absolute atomic E-state index is 13.4. The number of aliphatic hydroxyl groups is 1. The molecule has 0 spiro atoms. The van der Waals surface area contributed by atoms with Crippen LogP contribution in [0.1, 0.15) is 31.2 Å². The van der Waals surface area contributed by atoms with Crippen LogP contribution in [-0.2, 0) is 16.1 Å². The number of amides is 2. The van der Waals surface area contributed by atoms with Crippen molar-refractivity contribution in [2.75, 3.05) is 26.0 Å². The van der Waals surface area contributed by atoms with E-state index in [1.807, 2.05) is 54.6 Å². The standard InChI is InChI=1S/C26H32N2O5S/c1-32-20-11-13-21(14-12-20)34-18-24(29)22-9-5-15-27(22)25(30)23-10-6-16-28(23)26(31)33-17-19-7-3-2-4-8-19/h2-4,7-8,11-14,22-24,29H,5-6,9-10,15-18H2,1H3/t22-,23+,24?/m0/s1. The molecule has 2 aromatic rings. The van der Waals surface area contributed by atoms with E-state index in [1.165, 1.54) is 0 Å². The van der Waals surface area contributed by atoms with Crippen LogP contribution in [0.4, 0.5) is 4.79 Å². The molecule has 2 aliphatic rings. The number of hydrogen-bond acceptors (Lipinski definition) is 6. The Bertz CT molecular complexity index is 955. The van der Waals surface area contributed by atoms with E-state index >= 15 is 0 Å². The molecule has 182 valence electrons. The van der Waals surface area contributed by atoms with Gasteiger partial charge in [0.1, 0.15) is 18.4 Å². The number of benzene rings is 2. The van der Waals surface area contributed by atoms with Crippen LogP contribution in [0.15, 0.2) is 59.5 Å². The Kier molecular flexibility index (Phi) is 8.34. The summed E-state index contributed by atoms with van der Waals surface area (Å²) >= 11 is 1.56. The molecule has 2 amide bonds. The summed E-state index contributed by atoms with van der Waals surface area (Å²) in [6, 6.07) is 16.5. The van der Waals surface area contributed by atoms with E-state index in [1.54, 1.807) is 28.7 Å². The molecule has 0 aromatic heterocycles. The fourth-order valence-corrected chi connectivity index (χ4v) is 5.58. The highest BCUT2D eigenvalue weighted by Gasteiger charge is 2.42. The van der Waals surface area contributed by atoms with E-state index in [0.29, 0.717) is 25.3 Å². The maximum Gasteiger partial charge on any atom is 0.410 e. The number of likely N-dealkylation sites (tertiary alicyclic amines) is 2. The largest absolute Gasteiger partial charge is 0.497 e. The van der Waals surface area contributed by atoms with Crippen molar-refractivity contribution in [3.8, 4) is 5.75 Å². The Morgan fingerprint density at radius 2 is 1.74 bits per heavy atom. The molecule has 0 radical (unpaired) electrons. The topological polar surface area (TPSA) is 79.3 Å². The quantitative estimate of drug-likeness (QED) is 0.572. The van der Waals surface area contributed by atoms with Crippen molar-refractivity contribution in [1.29, 1.82) is 0 Å². The van der Waals surface area contributed by atoms with Gasteiger partial charge >= 0.3 is 6.09 Å². The summed E-state index contributed by atoms with van der Waals surface area (Å²) in [4.78, 5) is 30.6. The van der Waals surface area contributed by atoms with Crippen molar-refractivity contribution < 1.29 is 24.2 Å². The third-order valence-corrected chi connectivity index (χ3v) is 7.60. The summed E-state index contributed by atoms with van der Waals surface area (Å²) in [5.41, 5.74) is 0.912. The first-order valence-corrected chi connectivity index (χ1v) is 12.8. The zero-order valence-corrected chi connectivity index (χ0v) is 20.3. The molecule has 1 N–H and O–H groups in total. The smallest absolute Gasteiger partial charge is 0.410 e. The molecule has 34 heavy (non-hydrogen) atoms. The van der Waals surface area contributed by atoms with Gasteiger partial charge in [0.25, 0.3) is 0 Å². The molecule has 2 aliphatic heterocycles. The van der Waals surface area contributed by atoms with Crippen LogP contribution in [0.3, 0.4) is 0 Å². The number of thioether (sulfide) groups is 1. The molecule has 7 nitrogen and oxygen atoms in total. The van der Waals surface area contributed by atoms with Gasteiger partial charge in [0, 0.05) is 23.7 Å². The highest BCUT2D eigenvalue weighted by molar-refractivity contribution is 7.99. The summed E-state index contributed by atoms with van der Waals surface area (Å²) in [5.74, 6) is 1.21. The van der Waals surface area contributed by atoms with Gasteiger partial charge in [-0.05, 0) is 55.5 Å². The average Bonchev–Trinajstić information content (AvgIpc) is 3.57. The Hall–Kier alpha value is -2.71. The monoisotopic (exact) mass is 484 g/mol. The van der Waals surface area contributed by atoms with Crippen LogP contribution in [0, 0.1) is 0 Å². The molecule has 1 unspecified atom stereocenters. The highest BCUT2D eigenvalue weighted by Crippen LogP contribution is 2.29. The molecule has 2 heterocycles. The van der Waals surface area contributed by atoms with Crippen molar-refractivity contribution in [3.05, 3.63) is 60.2 Å². The predicted octanol–water partition coefficient (Wildman–Crippen LogP) is 3.94. The summed E-state index contributed by atoms with van der Waals surface area (Å²) in [7, 11) is 1.63. The minimum atomic E-state index is -0.640. The molecule has 3 atom stereocenters. The first kappa shape index (κ1) is 24.4. The second-order valence-electron chi connectivity index (χ2n) is 8.69. The zero-order valence-electron chi connectivity index (χ0n) is 19.5. The van der Waals surface area contributed by atoms with E-state index in [0.717, 1.165) is 35.5 Å². The zero-order chi connectivity index (χ0) is 23.9. The summed E-state index contributed by atoms with van der Waals surface area (Å²) < 4.78 is 10.7. The second-order valence-corrected chi connectivity index (χ2v) is 9.78. The Balaban J connectivity index is 1.33. The van der Waals surface area contributed by atoms with E-state index in [2.05, 4.69) is 0 Å². The third kappa shape index (κ3) is 5.85. The first-order chi connectivity index (χ1) is 16.6. The van der Waals surface area contributed by atoms with Gasteiger partial charge in [0.2, 0.25) is 5.91 Å². The number of carbonyl (C=O) groups excluding carboxylic acids is 2. The minimum Gasteiger partial charge on any atom is -0.497 e. The van der Waals surface area contributed by atoms with Crippen molar-refractivity contribution in [1.82, 2.24) is 9.80 Å². The van der Waals surface area contributed by atoms with Gasteiger partial charge < -0.3 is 19.5 Å². The average molecular weight is 485 g/mol. The van der Waals surface area contributed by atoms with Crippen molar-refractivity contribution in [2.45, 2.75) is 55.4 Å². The van der Waals surface area contributed by atoms with Crippen LogP contribution in [0.25, 0.3) is 0 Å². The Morgan fingerprint density at radius 1 is 1.03 bits per heavy atom. The summed E-state index contributed by atoms with van der Waals surface area (Å²) in [6.07, 6.45) is 1.92. The number of carbonyl (C=O) groups is 2. The molecule has 0 saturated carbocycles. The van der Waals surface area contributed by atoms with Crippen LogP contribution in [0.5, 0.6) is 5.75 Å². The molecule has 2 fully saturated rings. The van der Waals surface area contributed by atoms with Crippen LogP contribution < -0.4 is 4.74 Å². The SMILES string of the molecule is COc1ccc(SCC(O)[C@@H]2CCCN2C(=O)[C@H]2CCCN2C(=O)OCc2ccccc2)cc1. The lowest BCUT2D eigenvalue weighted by Crippen LogP contribution is -2.52. The lowest BCUT2D eigenvalue weighted by Gasteiger charge is -2.33. The Morgan fingerprint density at radius 3 is 2.47 bits per heavy atom. The van der Waals surface area contributed by atoms with E-state index in [4.69, 9.17) is 9.47 Å². The fourth-order valence-electron chi connectivity index (χ4n) is 4.67. The van der Waals surface area contributed by atoms with Gasteiger partial charge in [-0.1, -0.05) is 30.3 Å². The van der Waals surface area contributed by atoms with Gasteiger partial charge in [-0.25, -0.2) is 4.79 Å². The van der Waals surface area contributed by atoms with Gasteiger partial charge in [0.15, 0.2) is 0 Å². The van der Waals surface area contributed by atoms with Crippen molar-refractivity contribution >= 4 is 23.8 Å². The number of ether oxygens (including phenoxy) is 2. The molecular weight excluding hydrogens is 452 g/mol. The Labute approximate surface area is 205 Å². The number of aliphatic hydroxyl groups excluding tert-OH is 1. The molecular formula is C26H32N2O5S. The number of methoxy groups -OCH3 is 1. The second kappa shape index (κ2) is 11.6. The van der Waals surface area contributed by atoms with E-state index < -0.39 is 18.2 Å². The lowest BCUT2D eigenvalue weighted by molar-refractivity contribution is -0.138. The lowest BCUT2D eigenvalue weighted by atomic mass is 10.1. The molecule has 8 heteroatoms. The predicted molar refractivity (Wildman–Crippen MR) is 131 cm³/mol. The van der Waals surface area contributed by atoms with Gasteiger partial charge in [0.05, 0.1) is 19.3 Å². The molecule has 2 saturated heterocycles. The van der Waals surface area contributed by atoms with Gasteiger partial charge in [-0.15, -0.1) is 11.8 Å². The van der Waals surface area contributed by atoms with Crippen molar-refractivity contribution in [3.63, 3.8) is 0 Å². The van der Waals surface area contributed by atoms with E-state index in [9.17, 15) is 14.7 Å². The fraction of sp³-hybridized carbons (Fsp3) is 0.462. The van der Waals surface area contributed by atoms with Crippen LogP contribution in [0.2, 0.25) is 0 Å². The maximum atomic E-state index is 13.4. The normalized spacial score (nSPS) is 20.9. The number of hydrogen-bond donors (Lipinski definition) is 1. The first-order valence-electron chi connectivity index (χ1n) is 11.8. The summed E-state index contributed by atoms with van der Waals surface area (Å²) in [5, 5.41) is 10.9. The van der Waals surface area contributed by atoms with Gasteiger partial charge in [-0.2, -0.15) is 0 Å². The van der Waals surface area contributed by atoms with Crippen molar-refractivity contribution in [2.24, 2.45) is 0 Å². The van der Waals surface area contributed by atoms with E-state index in [-0.39, 0.29) is 18.6 Å². The molecule has 4 rings (SSSR count). The highest BCUT2D eigenvalue weighted by atomic mass is 32.2. The number of rotatable bonds is 8. The molecule has 0 aliphatic carbocycles. The minimum absolute atomic E-state index is 0.0786. The molecule has 0 bridgehead atoms. The molecule has 2 aromatic carbocycles. The number of nitrogens with zero attached hydrogens (tertiary/aromatic N) is 2. The van der Waals surface area contributed by atoms with Gasteiger partial charge in [-0.3, -0.25) is 9.69 Å². The third-order valence-electron chi connectivity index (χ3n) is 6.48.